The van der Waals surface area contributed by atoms with E-state index in [1.165, 1.54) is 6.07 Å². The molecule has 0 unspecified atom stereocenters. The zero-order chi connectivity index (χ0) is 14.6. The van der Waals surface area contributed by atoms with Gasteiger partial charge in [-0.25, -0.2) is 0 Å². The van der Waals surface area contributed by atoms with Crippen LogP contribution in [0.3, 0.4) is 0 Å². The topological polar surface area (TPSA) is 84.0 Å². The van der Waals surface area contributed by atoms with Gasteiger partial charge in [0, 0.05) is 22.0 Å². The number of nitriles is 1. The minimum atomic E-state index is -0.583. The molecule has 0 spiro atoms. The molecule has 0 fully saturated rings. The Morgan fingerprint density at radius 2 is 2.05 bits per heavy atom. The van der Waals surface area contributed by atoms with Gasteiger partial charge in [0.2, 0.25) is 0 Å². The summed E-state index contributed by atoms with van der Waals surface area (Å²) < 4.78 is 0.306. The minimum Gasteiger partial charge on any atom is -0.294 e. The Kier molecular flexibility index (Phi) is 5.19. The Morgan fingerprint density at radius 1 is 1.42 bits per heavy atom. The van der Waals surface area contributed by atoms with Crippen LogP contribution < -0.4 is 0 Å². The second kappa shape index (κ2) is 6.43. The molecule has 0 heterocycles. The van der Waals surface area contributed by atoms with Crippen molar-refractivity contribution in [3.05, 3.63) is 37.3 Å². The highest BCUT2D eigenvalue weighted by atomic mass is 79.9. The molecule has 1 aliphatic rings. The van der Waals surface area contributed by atoms with Crippen molar-refractivity contribution in [2.45, 2.75) is 33.1 Å². The molecule has 6 heteroatoms. The standard InChI is InChI=1S/C11H7BrN2O3.C2H6/c12-9-4-7-6(2-1-3-10(7)15)11(14(16)17)8(9)5-13;1-2/h4H,1-3H2;1-2H3. The van der Waals surface area contributed by atoms with Crippen molar-refractivity contribution in [2.24, 2.45) is 0 Å². The number of carbonyl (C=O) groups is 1. The highest BCUT2D eigenvalue weighted by Crippen LogP contribution is 2.36. The first-order valence-electron chi connectivity index (χ1n) is 5.99. The molecule has 1 aromatic rings. The monoisotopic (exact) mass is 324 g/mol. The van der Waals surface area contributed by atoms with Crippen LogP contribution in [0.1, 0.15) is 48.2 Å². The number of nitrogens with zero attached hydrogens (tertiary/aromatic N) is 2. The van der Waals surface area contributed by atoms with E-state index in [4.69, 9.17) is 5.26 Å². The summed E-state index contributed by atoms with van der Waals surface area (Å²) in [5, 5.41) is 20.0. The van der Waals surface area contributed by atoms with Gasteiger partial charge in [-0.2, -0.15) is 5.26 Å². The lowest BCUT2D eigenvalue weighted by Crippen LogP contribution is -2.14. The molecule has 0 amide bonds. The normalized spacial score (nSPS) is 12.8. The van der Waals surface area contributed by atoms with Gasteiger partial charge in [0.05, 0.1) is 4.92 Å². The SMILES string of the molecule is CC.N#Cc1c(Br)cc2c(c1[N+](=O)[O-])CCCC2=O. The predicted octanol–water partition coefficient (Wildman–Crippen LogP) is 3.77. The Hall–Kier alpha value is -1.74. The second-order valence-electron chi connectivity index (χ2n) is 3.75. The summed E-state index contributed by atoms with van der Waals surface area (Å²) in [6.07, 6.45) is 1.47. The molecule has 100 valence electrons. The molecule has 0 atom stereocenters. The third kappa shape index (κ3) is 2.82. The van der Waals surface area contributed by atoms with Crippen LogP contribution in [0.4, 0.5) is 5.69 Å². The molecule has 19 heavy (non-hydrogen) atoms. The summed E-state index contributed by atoms with van der Waals surface area (Å²) in [6, 6.07) is 3.33. The molecular weight excluding hydrogens is 312 g/mol. The molecule has 2 rings (SSSR count). The fourth-order valence-electron chi connectivity index (χ4n) is 2.05. The molecule has 0 saturated carbocycles. The van der Waals surface area contributed by atoms with Crippen LogP contribution in [-0.4, -0.2) is 10.7 Å². The summed E-state index contributed by atoms with van der Waals surface area (Å²) in [6.45, 7) is 4.00. The van der Waals surface area contributed by atoms with Crippen LogP contribution in [0, 0.1) is 21.4 Å². The zero-order valence-electron chi connectivity index (χ0n) is 10.7. The third-order valence-electron chi connectivity index (χ3n) is 2.78. The Bertz CT molecular complexity index is 576. The number of benzene rings is 1. The van der Waals surface area contributed by atoms with Crippen molar-refractivity contribution in [2.75, 3.05) is 0 Å². The van der Waals surface area contributed by atoms with Gasteiger partial charge in [0.15, 0.2) is 5.78 Å². The van der Waals surface area contributed by atoms with E-state index in [1.54, 1.807) is 0 Å². The van der Waals surface area contributed by atoms with E-state index >= 15 is 0 Å². The van der Waals surface area contributed by atoms with Crippen LogP contribution in [0.25, 0.3) is 0 Å². The number of rotatable bonds is 1. The highest BCUT2D eigenvalue weighted by molar-refractivity contribution is 9.10. The molecule has 0 N–H and O–H groups in total. The first kappa shape index (κ1) is 15.3. The van der Waals surface area contributed by atoms with E-state index in [-0.39, 0.29) is 17.0 Å². The number of halogens is 1. The smallest absolute Gasteiger partial charge is 0.292 e. The maximum atomic E-state index is 11.7. The summed E-state index contributed by atoms with van der Waals surface area (Å²) in [5.41, 5.74) is 0.521. The molecule has 0 bridgehead atoms. The summed E-state index contributed by atoms with van der Waals surface area (Å²) >= 11 is 3.10. The molecule has 0 radical (unpaired) electrons. The predicted molar refractivity (Wildman–Crippen MR) is 74.1 cm³/mol. The van der Waals surface area contributed by atoms with E-state index in [2.05, 4.69) is 15.9 Å². The lowest BCUT2D eigenvalue weighted by molar-refractivity contribution is -0.385. The number of hydrogen-bond donors (Lipinski definition) is 0. The Morgan fingerprint density at radius 3 is 2.58 bits per heavy atom. The molecule has 1 aromatic carbocycles. The highest BCUT2D eigenvalue weighted by Gasteiger charge is 2.30. The average Bonchev–Trinajstić information content (AvgIpc) is 2.40. The molecule has 0 aromatic heterocycles. The Labute approximate surface area is 119 Å². The van der Waals surface area contributed by atoms with Gasteiger partial charge in [-0.05, 0) is 34.8 Å². The van der Waals surface area contributed by atoms with Crippen molar-refractivity contribution >= 4 is 27.4 Å². The summed E-state index contributed by atoms with van der Waals surface area (Å²) in [4.78, 5) is 22.1. The van der Waals surface area contributed by atoms with Crippen LogP contribution >= 0.6 is 15.9 Å². The van der Waals surface area contributed by atoms with Crippen LogP contribution in [0.15, 0.2) is 10.5 Å². The first-order valence-corrected chi connectivity index (χ1v) is 6.78. The maximum absolute atomic E-state index is 11.7. The van der Waals surface area contributed by atoms with Gasteiger partial charge in [0.1, 0.15) is 11.6 Å². The van der Waals surface area contributed by atoms with Gasteiger partial charge in [-0.3, -0.25) is 14.9 Å². The van der Waals surface area contributed by atoms with Crippen molar-refractivity contribution in [3.63, 3.8) is 0 Å². The number of nitro benzene ring substituents is 1. The van der Waals surface area contributed by atoms with Gasteiger partial charge in [-0.1, -0.05) is 13.8 Å². The van der Waals surface area contributed by atoms with E-state index in [1.807, 2.05) is 19.9 Å². The molecule has 5 nitrogen and oxygen atoms in total. The minimum absolute atomic E-state index is 0.0107. The number of fused-ring (bicyclic) bond motifs is 1. The van der Waals surface area contributed by atoms with Crippen LogP contribution in [-0.2, 0) is 6.42 Å². The average molecular weight is 325 g/mol. The summed E-state index contributed by atoms with van der Waals surface area (Å²) in [7, 11) is 0. The maximum Gasteiger partial charge on any atom is 0.292 e. The fourth-order valence-corrected chi connectivity index (χ4v) is 2.55. The van der Waals surface area contributed by atoms with Crippen LogP contribution in [0.2, 0.25) is 0 Å². The quantitative estimate of drug-likeness (QED) is 0.581. The van der Waals surface area contributed by atoms with Gasteiger partial charge < -0.3 is 0 Å². The van der Waals surface area contributed by atoms with Gasteiger partial charge in [0.25, 0.3) is 5.69 Å². The first-order chi connectivity index (χ1) is 9.06. The Balaban J connectivity index is 0.000000861. The van der Waals surface area contributed by atoms with E-state index in [0.29, 0.717) is 34.9 Å². The van der Waals surface area contributed by atoms with Crippen LogP contribution in [0.5, 0.6) is 0 Å². The number of ketones is 1. The van der Waals surface area contributed by atoms with Gasteiger partial charge >= 0.3 is 0 Å². The van der Waals surface area contributed by atoms with E-state index in [0.717, 1.165) is 0 Å². The largest absolute Gasteiger partial charge is 0.294 e. The van der Waals surface area contributed by atoms with E-state index < -0.39 is 4.92 Å². The van der Waals surface area contributed by atoms with E-state index in [9.17, 15) is 14.9 Å². The number of hydrogen-bond acceptors (Lipinski definition) is 4. The molecule has 1 aliphatic carbocycles. The number of nitro groups is 1. The molecular formula is C13H13BrN2O3. The molecule has 0 saturated heterocycles. The number of Topliss-reactive ketones (excluding diaryl/α,β-unsaturated/α-hetero) is 1. The van der Waals surface area contributed by atoms with Crippen molar-refractivity contribution in [1.29, 1.82) is 5.26 Å². The summed E-state index contributed by atoms with van der Waals surface area (Å²) in [5.74, 6) is -0.0976. The van der Waals surface area contributed by atoms with Crippen molar-refractivity contribution < 1.29 is 9.72 Å². The molecule has 0 aliphatic heterocycles. The van der Waals surface area contributed by atoms with Crippen molar-refractivity contribution in [3.8, 4) is 6.07 Å². The second-order valence-corrected chi connectivity index (χ2v) is 4.61. The van der Waals surface area contributed by atoms with Crippen molar-refractivity contribution in [1.82, 2.24) is 0 Å². The third-order valence-corrected chi connectivity index (χ3v) is 3.41. The zero-order valence-corrected chi connectivity index (χ0v) is 12.3. The lowest BCUT2D eigenvalue weighted by atomic mass is 9.88. The lowest BCUT2D eigenvalue weighted by Gasteiger charge is -2.15. The van der Waals surface area contributed by atoms with Gasteiger partial charge in [-0.15, -0.1) is 0 Å². The number of carbonyl (C=O) groups excluding carboxylic acids is 1. The fraction of sp³-hybridized carbons (Fsp3) is 0.385.